The standard InChI is InChI=1S/C13H16N4/c1-2-10(3-1)17-6-9(7-17)12-11-4-5-14-13(11)16-8-15-12/h4-6,10,14,16H,1-3,7-8H2. The molecule has 88 valence electrons. The molecule has 0 bridgehead atoms. The lowest BCUT2D eigenvalue weighted by Crippen LogP contribution is -2.44. The van der Waals surface area contributed by atoms with Gasteiger partial charge in [0.25, 0.3) is 0 Å². The van der Waals surface area contributed by atoms with Gasteiger partial charge in [-0.3, -0.25) is 4.99 Å². The number of aromatic amines is 1. The molecule has 1 aromatic rings. The molecule has 1 saturated carbocycles. The molecule has 0 aromatic carbocycles. The Hall–Kier alpha value is -1.71. The van der Waals surface area contributed by atoms with Crippen molar-refractivity contribution in [2.75, 3.05) is 18.5 Å². The number of aliphatic imine (C=N–C) groups is 1. The van der Waals surface area contributed by atoms with E-state index >= 15 is 0 Å². The van der Waals surface area contributed by atoms with Crippen molar-refractivity contribution in [2.45, 2.75) is 25.3 Å². The molecule has 0 radical (unpaired) electrons. The summed E-state index contributed by atoms with van der Waals surface area (Å²) in [4.78, 5) is 10.3. The highest BCUT2D eigenvalue weighted by molar-refractivity contribution is 6.17. The molecule has 4 nitrogen and oxygen atoms in total. The molecular weight excluding hydrogens is 212 g/mol. The molecule has 3 aliphatic rings. The second-order valence-electron chi connectivity index (χ2n) is 5.02. The van der Waals surface area contributed by atoms with Crippen molar-refractivity contribution in [3.05, 3.63) is 29.6 Å². The molecule has 0 saturated heterocycles. The van der Waals surface area contributed by atoms with Crippen LogP contribution >= 0.6 is 0 Å². The third-order valence-corrected chi connectivity index (χ3v) is 4.02. The van der Waals surface area contributed by atoms with Crippen LogP contribution in [-0.2, 0) is 0 Å². The van der Waals surface area contributed by atoms with Crippen molar-refractivity contribution >= 4 is 11.5 Å². The predicted molar refractivity (Wildman–Crippen MR) is 68.2 cm³/mol. The minimum absolute atomic E-state index is 0.684. The first-order valence-corrected chi connectivity index (χ1v) is 6.35. The smallest absolute Gasteiger partial charge is 0.114 e. The van der Waals surface area contributed by atoms with Crippen LogP contribution in [0.2, 0.25) is 0 Å². The zero-order valence-corrected chi connectivity index (χ0v) is 9.74. The van der Waals surface area contributed by atoms with Gasteiger partial charge >= 0.3 is 0 Å². The van der Waals surface area contributed by atoms with E-state index in [0.29, 0.717) is 6.67 Å². The van der Waals surface area contributed by atoms with E-state index < -0.39 is 0 Å². The molecule has 0 atom stereocenters. The Morgan fingerprint density at radius 3 is 3.00 bits per heavy atom. The molecular formula is C13H16N4. The molecule has 17 heavy (non-hydrogen) atoms. The van der Waals surface area contributed by atoms with Crippen LogP contribution in [0.15, 0.2) is 29.0 Å². The quantitative estimate of drug-likeness (QED) is 0.812. The second kappa shape index (κ2) is 3.39. The first-order chi connectivity index (χ1) is 8.42. The highest BCUT2D eigenvalue weighted by Crippen LogP contribution is 2.32. The van der Waals surface area contributed by atoms with Crippen LogP contribution in [0.4, 0.5) is 5.82 Å². The Bertz CT molecular complexity index is 507. The summed E-state index contributed by atoms with van der Waals surface area (Å²) in [5, 5.41) is 3.25. The molecule has 3 heterocycles. The van der Waals surface area contributed by atoms with Gasteiger partial charge in [-0.2, -0.15) is 0 Å². The number of anilines is 1. The number of hydrogen-bond donors (Lipinski definition) is 2. The van der Waals surface area contributed by atoms with Gasteiger partial charge in [-0.15, -0.1) is 0 Å². The van der Waals surface area contributed by atoms with Crippen LogP contribution in [0.5, 0.6) is 0 Å². The van der Waals surface area contributed by atoms with Crippen molar-refractivity contribution in [3.8, 4) is 0 Å². The summed E-state index contributed by atoms with van der Waals surface area (Å²) >= 11 is 0. The first kappa shape index (κ1) is 9.33. The maximum Gasteiger partial charge on any atom is 0.114 e. The largest absolute Gasteiger partial charge is 0.370 e. The zero-order chi connectivity index (χ0) is 11.2. The first-order valence-electron chi connectivity index (χ1n) is 6.35. The Labute approximate surface area is 100 Å². The maximum atomic E-state index is 4.59. The molecule has 2 aliphatic heterocycles. The second-order valence-corrected chi connectivity index (χ2v) is 5.02. The Morgan fingerprint density at radius 1 is 1.35 bits per heavy atom. The van der Waals surface area contributed by atoms with Crippen LogP contribution in [0.3, 0.4) is 0 Å². The van der Waals surface area contributed by atoms with Gasteiger partial charge in [-0.05, 0) is 25.3 Å². The third kappa shape index (κ3) is 1.33. The highest BCUT2D eigenvalue weighted by Gasteiger charge is 2.31. The van der Waals surface area contributed by atoms with Crippen LogP contribution in [0, 0.1) is 0 Å². The zero-order valence-electron chi connectivity index (χ0n) is 9.74. The number of hydrogen-bond acceptors (Lipinski definition) is 3. The van der Waals surface area contributed by atoms with Gasteiger partial charge in [0.2, 0.25) is 0 Å². The average Bonchev–Trinajstić information content (AvgIpc) is 2.67. The van der Waals surface area contributed by atoms with Gasteiger partial charge in [0.05, 0.1) is 5.71 Å². The summed E-state index contributed by atoms with van der Waals surface area (Å²) in [5.41, 5.74) is 3.78. The predicted octanol–water partition coefficient (Wildman–Crippen LogP) is 1.94. The van der Waals surface area contributed by atoms with Gasteiger partial charge in [-0.1, -0.05) is 0 Å². The van der Waals surface area contributed by atoms with Crippen molar-refractivity contribution in [1.29, 1.82) is 0 Å². The van der Waals surface area contributed by atoms with E-state index in [1.807, 2.05) is 6.20 Å². The molecule has 1 aliphatic carbocycles. The molecule has 1 aromatic heterocycles. The fraction of sp³-hybridized carbons (Fsp3) is 0.462. The van der Waals surface area contributed by atoms with E-state index in [1.165, 1.54) is 36.1 Å². The SMILES string of the molecule is C1=C(C2=NCNc3[nH]ccc32)CN1C1CCC1. The minimum atomic E-state index is 0.684. The maximum absolute atomic E-state index is 4.59. The molecule has 4 rings (SSSR count). The van der Waals surface area contributed by atoms with E-state index in [4.69, 9.17) is 0 Å². The van der Waals surface area contributed by atoms with Crippen molar-refractivity contribution in [1.82, 2.24) is 9.88 Å². The fourth-order valence-corrected chi connectivity index (χ4v) is 2.73. The van der Waals surface area contributed by atoms with Crippen molar-refractivity contribution in [3.63, 3.8) is 0 Å². The van der Waals surface area contributed by atoms with E-state index in [1.54, 1.807) is 0 Å². The molecule has 0 unspecified atom stereocenters. The van der Waals surface area contributed by atoms with E-state index in [0.717, 1.165) is 18.4 Å². The Kier molecular flexibility index (Phi) is 1.86. The van der Waals surface area contributed by atoms with Crippen LogP contribution in [0.25, 0.3) is 0 Å². The summed E-state index contributed by atoms with van der Waals surface area (Å²) < 4.78 is 0. The highest BCUT2D eigenvalue weighted by atomic mass is 15.2. The summed E-state index contributed by atoms with van der Waals surface area (Å²) in [6, 6.07) is 2.92. The van der Waals surface area contributed by atoms with Crippen LogP contribution in [0.1, 0.15) is 24.8 Å². The third-order valence-electron chi connectivity index (χ3n) is 4.02. The van der Waals surface area contributed by atoms with Gasteiger partial charge in [0, 0.05) is 36.1 Å². The number of aromatic nitrogens is 1. The van der Waals surface area contributed by atoms with Gasteiger partial charge in [-0.25, -0.2) is 0 Å². The average molecular weight is 228 g/mol. The topological polar surface area (TPSA) is 43.4 Å². The number of fused-ring (bicyclic) bond motifs is 1. The van der Waals surface area contributed by atoms with Crippen LogP contribution in [-0.4, -0.2) is 34.9 Å². The summed E-state index contributed by atoms with van der Waals surface area (Å²) in [5.74, 6) is 1.11. The Morgan fingerprint density at radius 2 is 2.24 bits per heavy atom. The van der Waals surface area contributed by atoms with Crippen LogP contribution < -0.4 is 5.32 Å². The summed E-state index contributed by atoms with van der Waals surface area (Å²) in [6.45, 7) is 1.76. The van der Waals surface area contributed by atoms with E-state index in [9.17, 15) is 0 Å². The van der Waals surface area contributed by atoms with Crippen molar-refractivity contribution in [2.24, 2.45) is 4.99 Å². The number of nitrogens with one attached hydrogen (secondary N) is 2. The Balaban J connectivity index is 1.59. The van der Waals surface area contributed by atoms with Crippen molar-refractivity contribution < 1.29 is 0 Å². The van der Waals surface area contributed by atoms with E-state index in [2.05, 4.69) is 32.5 Å². The monoisotopic (exact) mass is 228 g/mol. The number of H-pyrrole nitrogens is 1. The summed E-state index contributed by atoms with van der Waals surface area (Å²) in [6.07, 6.45) is 8.41. The minimum Gasteiger partial charge on any atom is -0.370 e. The molecule has 2 N–H and O–H groups in total. The number of rotatable bonds is 2. The van der Waals surface area contributed by atoms with E-state index in [-0.39, 0.29) is 0 Å². The molecule has 0 amide bonds. The van der Waals surface area contributed by atoms with Gasteiger partial charge < -0.3 is 15.2 Å². The lowest BCUT2D eigenvalue weighted by atomic mass is 9.88. The lowest BCUT2D eigenvalue weighted by Gasteiger charge is -2.43. The number of nitrogens with zero attached hydrogens (tertiary/aromatic N) is 2. The van der Waals surface area contributed by atoms with Gasteiger partial charge in [0.1, 0.15) is 12.5 Å². The molecule has 4 heteroatoms. The van der Waals surface area contributed by atoms with Gasteiger partial charge in [0.15, 0.2) is 0 Å². The normalized spacial score (nSPS) is 22.9. The molecule has 1 fully saturated rings. The summed E-state index contributed by atoms with van der Waals surface area (Å²) in [7, 11) is 0. The lowest BCUT2D eigenvalue weighted by molar-refractivity contribution is 0.176. The molecule has 0 spiro atoms. The fourth-order valence-electron chi connectivity index (χ4n) is 2.73.